The molecule has 6 N–H and O–H groups in total. The van der Waals surface area contributed by atoms with Gasteiger partial charge in [-0.2, -0.15) is 0 Å². The summed E-state index contributed by atoms with van der Waals surface area (Å²) in [5.74, 6) is -2.59. The molecule has 1 saturated heterocycles. The Kier molecular flexibility index (Phi) is 9.22. The van der Waals surface area contributed by atoms with E-state index in [1.165, 1.54) is 26.4 Å². The maximum atomic E-state index is 12.8. The Bertz CT molecular complexity index is 1100. The molecular formula is C27H37NO12. The van der Waals surface area contributed by atoms with Gasteiger partial charge in [-0.25, -0.2) is 4.79 Å². The molecule has 0 radical (unpaired) electrons. The minimum atomic E-state index is -1.68. The summed E-state index contributed by atoms with van der Waals surface area (Å²) in [4.78, 5) is 27.1. The van der Waals surface area contributed by atoms with Crippen LogP contribution in [0.4, 0.5) is 0 Å². The standard InChI is InChI=1S/C27H37NO12/c1-4-14-16(8-18-15-9-20(32)19(31)7-13(15)5-6-28(18)12(2)30)17(25(36)37-3)11-38-26(14)40-27-24(35)23(34)22(33)21(10-29)39-27/h4,11,14,16,18,21-24,26-27,29,31-35H,1,5-10H2,2-3H3/t14-,16+,18-,21-,22-,23+,24-,26+,27+/m1/s1. The van der Waals surface area contributed by atoms with Crippen LogP contribution in [0.2, 0.25) is 0 Å². The first kappa shape index (κ1) is 30.0. The van der Waals surface area contributed by atoms with Gasteiger partial charge >= 0.3 is 5.97 Å². The predicted molar refractivity (Wildman–Crippen MR) is 136 cm³/mol. The minimum Gasteiger partial charge on any atom is -0.508 e. The Morgan fingerprint density at radius 2 is 1.82 bits per heavy atom. The Labute approximate surface area is 231 Å². The van der Waals surface area contributed by atoms with Crippen molar-refractivity contribution in [1.29, 1.82) is 0 Å². The van der Waals surface area contributed by atoms with Gasteiger partial charge in [-0.1, -0.05) is 11.6 Å². The van der Waals surface area contributed by atoms with E-state index in [1.807, 2.05) is 0 Å². The molecule has 0 spiro atoms. The summed E-state index contributed by atoms with van der Waals surface area (Å²) >= 11 is 0. The third-order valence-corrected chi connectivity index (χ3v) is 8.16. The predicted octanol–water partition coefficient (Wildman–Crippen LogP) is 0.0634. The zero-order valence-corrected chi connectivity index (χ0v) is 22.4. The number of rotatable bonds is 7. The molecule has 0 unspecified atom stereocenters. The highest BCUT2D eigenvalue weighted by Gasteiger charge is 2.48. The van der Waals surface area contributed by atoms with E-state index in [2.05, 4.69) is 6.58 Å². The lowest BCUT2D eigenvalue weighted by Gasteiger charge is -2.45. The fourth-order valence-corrected chi connectivity index (χ4v) is 5.94. The third-order valence-electron chi connectivity index (χ3n) is 8.16. The number of amides is 1. The van der Waals surface area contributed by atoms with E-state index in [0.29, 0.717) is 13.0 Å². The van der Waals surface area contributed by atoms with Gasteiger partial charge in [-0.05, 0) is 18.4 Å². The second-order valence-corrected chi connectivity index (χ2v) is 10.4. The van der Waals surface area contributed by atoms with Crippen LogP contribution in [0.15, 0.2) is 47.2 Å². The van der Waals surface area contributed by atoms with Crippen LogP contribution in [-0.2, 0) is 28.5 Å². The number of allylic oxidation sites excluding steroid dienone is 2. The molecule has 1 aliphatic carbocycles. The van der Waals surface area contributed by atoms with Crippen LogP contribution in [0, 0.1) is 11.8 Å². The summed E-state index contributed by atoms with van der Waals surface area (Å²) < 4.78 is 22.0. The smallest absolute Gasteiger partial charge is 0.337 e. The molecular weight excluding hydrogens is 530 g/mol. The number of carbonyl (C=O) groups excluding carboxylic acids is 2. The number of hydrogen-bond donors (Lipinski definition) is 6. The maximum Gasteiger partial charge on any atom is 0.337 e. The molecule has 13 heteroatoms. The monoisotopic (exact) mass is 567 g/mol. The van der Waals surface area contributed by atoms with Crippen molar-refractivity contribution in [2.75, 3.05) is 20.3 Å². The number of ether oxygens (including phenoxy) is 4. The highest BCUT2D eigenvalue weighted by atomic mass is 16.8. The number of aliphatic hydroxyl groups excluding tert-OH is 6. The summed E-state index contributed by atoms with van der Waals surface area (Å²) in [6, 6.07) is -0.539. The van der Waals surface area contributed by atoms with Gasteiger partial charge < -0.3 is 54.5 Å². The van der Waals surface area contributed by atoms with Gasteiger partial charge in [0.25, 0.3) is 0 Å². The highest BCUT2D eigenvalue weighted by molar-refractivity contribution is 5.89. The van der Waals surface area contributed by atoms with Crippen LogP contribution >= 0.6 is 0 Å². The SMILES string of the molecule is C=C[C@H]1[C@H](O[C@@H]2O[C@H](CO)[C@@H](O)[C@H](O)[C@H]2O)OC=C(C(=O)OC)[C@H]1C[C@@H]1C2=C(CCN1C(C)=O)CC(O)=C(O)C2. The van der Waals surface area contributed by atoms with E-state index < -0.39 is 67.4 Å². The Hall–Kier alpha value is -2.94. The first-order chi connectivity index (χ1) is 19.0. The van der Waals surface area contributed by atoms with Crippen molar-refractivity contribution in [3.05, 3.63) is 47.2 Å². The van der Waals surface area contributed by atoms with E-state index in [0.717, 1.165) is 11.1 Å². The van der Waals surface area contributed by atoms with E-state index in [1.54, 1.807) is 4.90 Å². The van der Waals surface area contributed by atoms with Gasteiger partial charge in [0, 0.05) is 38.1 Å². The molecule has 0 aromatic carbocycles. The van der Waals surface area contributed by atoms with E-state index in [-0.39, 0.29) is 42.3 Å². The molecule has 0 aromatic rings. The number of aliphatic hydroxyl groups is 6. The van der Waals surface area contributed by atoms with Crippen molar-refractivity contribution >= 4 is 11.9 Å². The number of carbonyl (C=O) groups is 2. The Morgan fingerprint density at radius 3 is 2.45 bits per heavy atom. The van der Waals surface area contributed by atoms with E-state index >= 15 is 0 Å². The summed E-state index contributed by atoms with van der Waals surface area (Å²) in [5.41, 5.74) is 1.84. The van der Waals surface area contributed by atoms with Crippen LogP contribution in [0.3, 0.4) is 0 Å². The van der Waals surface area contributed by atoms with Gasteiger partial charge in [-0.3, -0.25) is 4.79 Å². The second-order valence-electron chi connectivity index (χ2n) is 10.4. The maximum absolute atomic E-state index is 12.8. The number of methoxy groups -OCH3 is 1. The van der Waals surface area contributed by atoms with Crippen LogP contribution < -0.4 is 0 Å². The van der Waals surface area contributed by atoms with Gasteiger partial charge in [0.05, 0.1) is 31.6 Å². The van der Waals surface area contributed by atoms with Gasteiger partial charge in [-0.15, -0.1) is 6.58 Å². The molecule has 1 fully saturated rings. The molecule has 40 heavy (non-hydrogen) atoms. The van der Waals surface area contributed by atoms with Crippen LogP contribution in [0.25, 0.3) is 0 Å². The molecule has 222 valence electrons. The molecule has 13 nitrogen and oxygen atoms in total. The Balaban J connectivity index is 1.66. The molecule has 0 aromatic heterocycles. The zero-order chi connectivity index (χ0) is 29.3. The second kappa shape index (κ2) is 12.3. The lowest BCUT2D eigenvalue weighted by Crippen LogP contribution is -2.60. The summed E-state index contributed by atoms with van der Waals surface area (Å²) in [6.07, 6.45) is -5.21. The van der Waals surface area contributed by atoms with Crippen LogP contribution in [0.5, 0.6) is 0 Å². The number of nitrogens with zero attached hydrogens (tertiary/aromatic N) is 1. The summed E-state index contributed by atoms with van der Waals surface area (Å²) in [6.45, 7) is 5.06. The van der Waals surface area contributed by atoms with Crippen molar-refractivity contribution in [1.82, 2.24) is 4.90 Å². The van der Waals surface area contributed by atoms with Gasteiger partial charge in [0.1, 0.15) is 35.9 Å². The topological polar surface area (TPSA) is 196 Å². The molecule has 4 rings (SSSR count). The largest absolute Gasteiger partial charge is 0.508 e. The quantitative estimate of drug-likeness (QED) is 0.179. The Morgan fingerprint density at radius 1 is 1.12 bits per heavy atom. The van der Waals surface area contributed by atoms with E-state index in [4.69, 9.17) is 18.9 Å². The lowest BCUT2D eigenvalue weighted by atomic mass is 9.74. The zero-order valence-electron chi connectivity index (χ0n) is 22.4. The molecule has 3 aliphatic heterocycles. The average molecular weight is 568 g/mol. The number of esters is 1. The first-order valence-electron chi connectivity index (χ1n) is 13.1. The molecule has 0 saturated carbocycles. The third kappa shape index (κ3) is 5.62. The summed E-state index contributed by atoms with van der Waals surface area (Å²) in [7, 11) is 1.22. The first-order valence-corrected chi connectivity index (χ1v) is 13.1. The van der Waals surface area contributed by atoms with Crippen molar-refractivity contribution in [2.45, 2.75) is 75.6 Å². The minimum absolute atomic E-state index is 0.0552. The molecule has 0 bridgehead atoms. The highest BCUT2D eigenvalue weighted by Crippen LogP contribution is 2.43. The van der Waals surface area contributed by atoms with Crippen molar-refractivity contribution in [2.24, 2.45) is 11.8 Å². The van der Waals surface area contributed by atoms with Crippen molar-refractivity contribution < 1.29 is 59.2 Å². The van der Waals surface area contributed by atoms with Gasteiger partial charge in [0.15, 0.2) is 6.29 Å². The summed E-state index contributed by atoms with van der Waals surface area (Å²) in [5, 5.41) is 60.7. The fraction of sp³-hybridized carbons (Fsp3) is 0.630. The molecule has 3 heterocycles. The van der Waals surface area contributed by atoms with Crippen LogP contribution in [-0.4, -0.2) is 111 Å². The van der Waals surface area contributed by atoms with Crippen molar-refractivity contribution in [3.8, 4) is 0 Å². The van der Waals surface area contributed by atoms with Gasteiger partial charge in [0.2, 0.25) is 12.2 Å². The molecule has 4 aliphatic rings. The number of hydrogen-bond acceptors (Lipinski definition) is 12. The van der Waals surface area contributed by atoms with Crippen LogP contribution in [0.1, 0.15) is 32.6 Å². The van der Waals surface area contributed by atoms with E-state index in [9.17, 15) is 40.2 Å². The fourth-order valence-electron chi connectivity index (χ4n) is 5.94. The molecule has 1 amide bonds. The normalized spacial score (nSPS) is 36.4. The lowest BCUT2D eigenvalue weighted by molar-refractivity contribution is -0.339. The van der Waals surface area contributed by atoms with Crippen molar-refractivity contribution in [3.63, 3.8) is 0 Å². The molecule has 9 atom stereocenters. The average Bonchev–Trinajstić information content (AvgIpc) is 2.93.